The van der Waals surface area contributed by atoms with Crippen LogP contribution in [0.3, 0.4) is 0 Å². The second-order valence-corrected chi connectivity index (χ2v) is 3.77. The number of hydrogen-bond donors (Lipinski definition) is 1. The van der Waals surface area contributed by atoms with Crippen LogP contribution >= 0.6 is 0 Å². The molecule has 4 nitrogen and oxygen atoms in total. The van der Waals surface area contributed by atoms with Crippen molar-refractivity contribution in [2.45, 2.75) is 13.0 Å². The number of rotatable bonds is 1. The summed E-state index contributed by atoms with van der Waals surface area (Å²) in [6.07, 6.45) is 0. The maximum Gasteiger partial charge on any atom is 0.337 e. The fraction of sp³-hybridized carbons (Fsp3) is 0.417. The molecule has 0 aliphatic carbocycles. The summed E-state index contributed by atoms with van der Waals surface area (Å²) in [5, 5.41) is 3.32. The third-order valence-corrected chi connectivity index (χ3v) is 2.71. The fourth-order valence-corrected chi connectivity index (χ4v) is 1.81. The number of fused-ring (bicyclic) bond motifs is 1. The molecule has 0 bridgehead atoms. The molecular formula is C12H15NO3. The Bertz CT molecular complexity index is 403. The Kier molecular flexibility index (Phi) is 3.10. The molecule has 1 aliphatic rings. The van der Waals surface area contributed by atoms with Crippen LogP contribution in [-0.2, 0) is 4.74 Å². The van der Waals surface area contributed by atoms with Crippen molar-refractivity contribution in [1.29, 1.82) is 0 Å². The number of hydrogen-bond acceptors (Lipinski definition) is 4. The number of ether oxygens (including phenoxy) is 2. The fourth-order valence-electron chi connectivity index (χ4n) is 1.81. The molecule has 1 aromatic rings. The van der Waals surface area contributed by atoms with E-state index in [9.17, 15) is 4.79 Å². The van der Waals surface area contributed by atoms with E-state index in [2.05, 4.69) is 17.0 Å². The van der Waals surface area contributed by atoms with Crippen molar-refractivity contribution in [3.05, 3.63) is 29.3 Å². The number of methoxy groups -OCH3 is 1. The van der Waals surface area contributed by atoms with E-state index in [0.717, 1.165) is 17.9 Å². The van der Waals surface area contributed by atoms with Gasteiger partial charge in [-0.05, 0) is 19.1 Å². The van der Waals surface area contributed by atoms with E-state index >= 15 is 0 Å². The van der Waals surface area contributed by atoms with E-state index in [1.165, 1.54) is 7.11 Å². The molecule has 4 heteroatoms. The Balaban J connectivity index is 2.37. The minimum atomic E-state index is -0.337. The summed E-state index contributed by atoms with van der Waals surface area (Å²) in [5.41, 5.74) is 1.60. The Morgan fingerprint density at radius 3 is 3.12 bits per heavy atom. The van der Waals surface area contributed by atoms with Gasteiger partial charge in [-0.15, -0.1) is 0 Å². The number of benzene rings is 1. The molecule has 2 rings (SSSR count). The van der Waals surface area contributed by atoms with Crippen LogP contribution in [0.1, 0.15) is 28.9 Å². The van der Waals surface area contributed by atoms with Crippen molar-refractivity contribution in [1.82, 2.24) is 5.32 Å². The molecule has 1 aromatic carbocycles. The summed E-state index contributed by atoms with van der Waals surface area (Å²) < 4.78 is 10.3. The molecule has 1 heterocycles. The largest absolute Gasteiger partial charge is 0.492 e. The van der Waals surface area contributed by atoms with Crippen LogP contribution in [0.25, 0.3) is 0 Å². The lowest BCUT2D eigenvalue weighted by Gasteiger charge is -2.12. The minimum absolute atomic E-state index is 0.240. The lowest BCUT2D eigenvalue weighted by atomic mass is 10.0. The Labute approximate surface area is 94.6 Å². The van der Waals surface area contributed by atoms with Gasteiger partial charge in [0.1, 0.15) is 12.4 Å². The molecule has 0 radical (unpaired) electrons. The van der Waals surface area contributed by atoms with Gasteiger partial charge in [0.2, 0.25) is 0 Å². The van der Waals surface area contributed by atoms with Crippen molar-refractivity contribution in [3.8, 4) is 5.75 Å². The summed E-state index contributed by atoms with van der Waals surface area (Å²) >= 11 is 0. The molecule has 0 amide bonds. The molecule has 0 saturated carbocycles. The van der Waals surface area contributed by atoms with E-state index in [1.807, 2.05) is 6.07 Å². The third-order valence-electron chi connectivity index (χ3n) is 2.71. The first kappa shape index (κ1) is 11.0. The van der Waals surface area contributed by atoms with Crippen LogP contribution in [0.5, 0.6) is 5.75 Å². The summed E-state index contributed by atoms with van der Waals surface area (Å²) in [7, 11) is 1.37. The zero-order chi connectivity index (χ0) is 11.5. The zero-order valence-electron chi connectivity index (χ0n) is 9.45. The smallest absolute Gasteiger partial charge is 0.337 e. The number of carbonyl (C=O) groups is 1. The van der Waals surface area contributed by atoms with E-state index in [1.54, 1.807) is 12.1 Å². The molecule has 86 valence electrons. The highest BCUT2D eigenvalue weighted by Gasteiger charge is 2.17. The molecule has 1 atom stereocenters. The van der Waals surface area contributed by atoms with Gasteiger partial charge in [-0.2, -0.15) is 0 Å². The second kappa shape index (κ2) is 4.53. The number of carbonyl (C=O) groups excluding carboxylic acids is 1. The molecule has 0 spiro atoms. The third kappa shape index (κ3) is 2.02. The lowest BCUT2D eigenvalue weighted by molar-refractivity contribution is 0.0600. The van der Waals surface area contributed by atoms with Gasteiger partial charge in [-0.1, -0.05) is 6.07 Å². The van der Waals surface area contributed by atoms with Crippen molar-refractivity contribution >= 4 is 5.97 Å². The Morgan fingerprint density at radius 1 is 1.56 bits per heavy atom. The average Bonchev–Trinajstić information content (AvgIpc) is 2.50. The van der Waals surface area contributed by atoms with E-state index < -0.39 is 0 Å². The number of esters is 1. The van der Waals surface area contributed by atoms with E-state index in [0.29, 0.717) is 12.2 Å². The van der Waals surface area contributed by atoms with Crippen molar-refractivity contribution in [2.24, 2.45) is 0 Å². The summed E-state index contributed by atoms with van der Waals surface area (Å²) in [6.45, 7) is 3.50. The monoisotopic (exact) mass is 221 g/mol. The summed E-state index contributed by atoms with van der Waals surface area (Å²) in [4.78, 5) is 11.4. The molecular weight excluding hydrogens is 206 g/mol. The highest BCUT2D eigenvalue weighted by Crippen LogP contribution is 2.28. The molecule has 0 unspecified atom stereocenters. The standard InChI is InChI=1S/C12H15NO3/c1-8-10-4-3-9(12(14)15-2)7-11(10)16-6-5-13-8/h3-4,7-8,13H,5-6H2,1-2H3/t8-/m1/s1. The Morgan fingerprint density at radius 2 is 2.38 bits per heavy atom. The van der Waals surface area contributed by atoms with Crippen LogP contribution in [0.15, 0.2) is 18.2 Å². The molecule has 1 N–H and O–H groups in total. The zero-order valence-corrected chi connectivity index (χ0v) is 9.45. The molecule has 0 fully saturated rings. The maximum atomic E-state index is 11.4. The maximum absolute atomic E-state index is 11.4. The molecule has 0 aromatic heterocycles. The SMILES string of the molecule is COC(=O)c1ccc2c(c1)OCCN[C@@H]2C. The van der Waals surface area contributed by atoms with Crippen molar-refractivity contribution in [2.75, 3.05) is 20.3 Å². The van der Waals surface area contributed by atoms with Crippen LogP contribution in [0, 0.1) is 0 Å². The average molecular weight is 221 g/mol. The van der Waals surface area contributed by atoms with Gasteiger partial charge in [-0.3, -0.25) is 0 Å². The highest BCUT2D eigenvalue weighted by molar-refractivity contribution is 5.89. The van der Waals surface area contributed by atoms with Gasteiger partial charge >= 0.3 is 5.97 Å². The van der Waals surface area contributed by atoms with Crippen molar-refractivity contribution < 1.29 is 14.3 Å². The van der Waals surface area contributed by atoms with Gasteiger partial charge in [-0.25, -0.2) is 4.79 Å². The first-order chi connectivity index (χ1) is 7.72. The van der Waals surface area contributed by atoms with E-state index in [4.69, 9.17) is 4.74 Å². The first-order valence-corrected chi connectivity index (χ1v) is 5.31. The lowest BCUT2D eigenvalue weighted by Crippen LogP contribution is -2.20. The minimum Gasteiger partial charge on any atom is -0.492 e. The Hall–Kier alpha value is -1.55. The molecule has 16 heavy (non-hydrogen) atoms. The van der Waals surface area contributed by atoms with Gasteiger partial charge in [0.15, 0.2) is 0 Å². The number of nitrogens with one attached hydrogen (secondary N) is 1. The van der Waals surface area contributed by atoms with Crippen LogP contribution in [-0.4, -0.2) is 26.2 Å². The van der Waals surface area contributed by atoms with Crippen LogP contribution in [0.4, 0.5) is 0 Å². The van der Waals surface area contributed by atoms with Gasteiger partial charge in [0.05, 0.1) is 12.7 Å². The quantitative estimate of drug-likeness (QED) is 0.730. The summed E-state index contributed by atoms with van der Waals surface area (Å²) in [6, 6.07) is 5.65. The van der Waals surface area contributed by atoms with Crippen LogP contribution < -0.4 is 10.1 Å². The normalized spacial score (nSPS) is 19.2. The van der Waals surface area contributed by atoms with Gasteiger partial charge < -0.3 is 14.8 Å². The first-order valence-electron chi connectivity index (χ1n) is 5.31. The predicted molar refractivity (Wildman–Crippen MR) is 59.7 cm³/mol. The molecule has 1 aliphatic heterocycles. The molecule has 0 saturated heterocycles. The van der Waals surface area contributed by atoms with Crippen molar-refractivity contribution in [3.63, 3.8) is 0 Å². The van der Waals surface area contributed by atoms with E-state index in [-0.39, 0.29) is 12.0 Å². The van der Waals surface area contributed by atoms with Crippen LogP contribution in [0.2, 0.25) is 0 Å². The predicted octanol–water partition coefficient (Wildman–Crippen LogP) is 1.52. The van der Waals surface area contributed by atoms with Gasteiger partial charge in [0.25, 0.3) is 0 Å². The highest BCUT2D eigenvalue weighted by atomic mass is 16.5. The van der Waals surface area contributed by atoms with Gasteiger partial charge in [0, 0.05) is 18.2 Å². The summed E-state index contributed by atoms with van der Waals surface area (Å²) in [5.74, 6) is 0.427. The topological polar surface area (TPSA) is 47.6 Å². The second-order valence-electron chi connectivity index (χ2n) is 3.77.